The number of amides is 1. The molecule has 2 N–H and O–H groups in total. The van der Waals surface area contributed by atoms with E-state index in [1.54, 1.807) is 31.4 Å². The first-order valence-corrected chi connectivity index (χ1v) is 9.26. The molecule has 0 aliphatic carbocycles. The van der Waals surface area contributed by atoms with Crippen LogP contribution in [0.5, 0.6) is 5.75 Å². The quantitative estimate of drug-likeness (QED) is 0.802. The highest BCUT2D eigenvalue weighted by Gasteiger charge is 2.07. The van der Waals surface area contributed by atoms with Gasteiger partial charge in [0, 0.05) is 17.8 Å². The fourth-order valence-corrected chi connectivity index (χ4v) is 2.79. The van der Waals surface area contributed by atoms with E-state index in [9.17, 15) is 13.2 Å². The van der Waals surface area contributed by atoms with Crippen LogP contribution in [0.2, 0.25) is 0 Å². The summed E-state index contributed by atoms with van der Waals surface area (Å²) in [4.78, 5) is 12.1. The van der Waals surface area contributed by atoms with E-state index in [1.807, 2.05) is 24.3 Å². The molecule has 0 atom stereocenters. The Morgan fingerprint density at radius 3 is 2.38 bits per heavy atom. The summed E-state index contributed by atoms with van der Waals surface area (Å²) in [6, 6.07) is 13.9. The lowest BCUT2D eigenvalue weighted by molar-refractivity contribution is 0.0954. The highest BCUT2D eigenvalue weighted by atomic mass is 32.2. The molecular weight excluding hydrogens is 328 g/mol. The Bertz CT molecular complexity index is 802. The summed E-state index contributed by atoms with van der Waals surface area (Å²) in [5.74, 6) is 0.582. The summed E-state index contributed by atoms with van der Waals surface area (Å²) in [5.41, 5.74) is 1.91. The minimum absolute atomic E-state index is 0.212. The molecule has 24 heavy (non-hydrogen) atoms. The number of benzene rings is 2. The van der Waals surface area contributed by atoms with Gasteiger partial charge in [0.25, 0.3) is 5.91 Å². The van der Waals surface area contributed by atoms with E-state index in [2.05, 4.69) is 10.0 Å². The number of ether oxygens (including phenoxy) is 1. The Hall–Kier alpha value is -2.54. The van der Waals surface area contributed by atoms with Gasteiger partial charge in [-0.05, 0) is 42.3 Å². The van der Waals surface area contributed by atoms with Crippen molar-refractivity contribution in [2.45, 2.75) is 6.42 Å². The SMILES string of the molecule is COc1ccccc1CCNC(=O)c1ccc(NS(C)(=O)=O)cc1. The standard InChI is InChI=1S/C17H20N2O4S/c1-23-16-6-4-3-5-13(16)11-12-18-17(20)14-7-9-15(10-8-14)19-24(2,21)22/h3-10,19H,11-12H2,1-2H3,(H,18,20). The largest absolute Gasteiger partial charge is 0.496 e. The van der Waals surface area contributed by atoms with Crippen molar-refractivity contribution in [2.24, 2.45) is 0 Å². The topological polar surface area (TPSA) is 84.5 Å². The summed E-state index contributed by atoms with van der Waals surface area (Å²) in [5, 5.41) is 2.83. The average Bonchev–Trinajstić information content (AvgIpc) is 2.54. The molecule has 2 aromatic carbocycles. The molecule has 0 saturated carbocycles. The molecule has 0 aliphatic rings. The van der Waals surface area contributed by atoms with Crippen LogP contribution < -0.4 is 14.8 Å². The van der Waals surface area contributed by atoms with Crippen LogP contribution in [0.1, 0.15) is 15.9 Å². The third kappa shape index (κ3) is 5.27. The number of carbonyl (C=O) groups excluding carboxylic acids is 1. The molecule has 0 heterocycles. The molecule has 0 fully saturated rings. The van der Waals surface area contributed by atoms with Crippen LogP contribution in [0.15, 0.2) is 48.5 Å². The van der Waals surface area contributed by atoms with E-state index in [1.165, 1.54) is 0 Å². The van der Waals surface area contributed by atoms with Crippen LogP contribution >= 0.6 is 0 Å². The van der Waals surface area contributed by atoms with Crippen molar-refractivity contribution >= 4 is 21.6 Å². The summed E-state index contributed by atoms with van der Waals surface area (Å²) < 4.78 is 29.9. The monoisotopic (exact) mass is 348 g/mol. The molecule has 1 amide bonds. The zero-order valence-electron chi connectivity index (χ0n) is 13.6. The highest BCUT2D eigenvalue weighted by Crippen LogP contribution is 2.17. The first-order valence-electron chi connectivity index (χ1n) is 7.37. The summed E-state index contributed by atoms with van der Waals surface area (Å²) in [6.07, 6.45) is 1.73. The van der Waals surface area contributed by atoms with E-state index in [-0.39, 0.29) is 5.91 Å². The van der Waals surface area contributed by atoms with Crippen molar-refractivity contribution < 1.29 is 17.9 Å². The maximum atomic E-state index is 12.1. The molecule has 0 bridgehead atoms. The average molecular weight is 348 g/mol. The number of hydrogen-bond donors (Lipinski definition) is 2. The third-order valence-electron chi connectivity index (χ3n) is 3.32. The van der Waals surface area contributed by atoms with Gasteiger partial charge in [-0.3, -0.25) is 9.52 Å². The van der Waals surface area contributed by atoms with Gasteiger partial charge in [-0.2, -0.15) is 0 Å². The lowest BCUT2D eigenvalue weighted by Crippen LogP contribution is -2.25. The molecule has 2 aromatic rings. The van der Waals surface area contributed by atoms with Gasteiger partial charge in [-0.15, -0.1) is 0 Å². The van der Waals surface area contributed by atoms with E-state index in [0.29, 0.717) is 24.2 Å². The van der Waals surface area contributed by atoms with Crippen LogP contribution in [0.3, 0.4) is 0 Å². The molecule has 7 heteroatoms. The molecular formula is C17H20N2O4S. The predicted octanol–water partition coefficient (Wildman–Crippen LogP) is 2.04. The highest BCUT2D eigenvalue weighted by molar-refractivity contribution is 7.92. The van der Waals surface area contributed by atoms with Crippen molar-refractivity contribution in [1.29, 1.82) is 0 Å². The minimum Gasteiger partial charge on any atom is -0.496 e. The first kappa shape index (κ1) is 17.8. The first-order chi connectivity index (χ1) is 11.4. The van der Waals surface area contributed by atoms with Crippen molar-refractivity contribution in [2.75, 3.05) is 24.6 Å². The molecule has 0 unspecified atom stereocenters. The van der Waals surface area contributed by atoms with Gasteiger partial charge < -0.3 is 10.1 Å². The number of anilines is 1. The van der Waals surface area contributed by atoms with Gasteiger partial charge in [0.1, 0.15) is 5.75 Å². The van der Waals surface area contributed by atoms with Crippen molar-refractivity contribution in [3.63, 3.8) is 0 Å². The summed E-state index contributed by atoms with van der Waals surface area (Å²) >= 11 is 0. The number of sulfonamides is 1. The van der Waals surface area contributed by atoms with E-state index < -0.39 is 10.0 Å². The van der Waals surface area contributed by atoms with Gasteiger partial charge in [0.2, 0.25) is 10.0 Å². The van der Waals surface area contributed by atoms with E-state index in [4.69, 9.17) is 4.74 Å². The van der Waals surface area contributed by atoms with Crippen molar-refractivity contribution in [1.82, 2.24) is 5.32 Å². The Kier molecular flexibility index (Phi) is 5.81. The van der Waals surface area contributed by atoms with Crippen LogP contribution in [-0.2, 0) is 16.4 Å². The summed E-state index contributed by atoms with van der Waals surface area (Å²) in [7, 11) is -1.71. The van der Waals surface area contributed by atoms with Gasteiger partial charge in [-0.1, -0.05) is 18.2 Å². The zero-order chi connectivity index (χ0) is 17.6. The molecule has 0 aromatic heterocycles. The van der Waals surface area contributed by atoms with Gasteiger partial charge in [-0.25, -0.2) is 8.42 Å². The summed E-state index contributed by atoms with van der Waals surface area (Å²) in [6.45, 7) is 0.475. The predicted molar refractivity (Wildman–Crippen MR) is 93.9 cm³/mol. The van der Waals surface area contributed by atoms with E-state index in [0.717, 1.165) is 17.6 Å². The second kappa shape index (κ2) is 7.83. The molecule has 6 nitrogen and oxygen atoms in total. The second-order valence-corrected chi connectivity index (χ2v) is 7.02. The van der Waals surface area contributed by atoms with Crippen LogP contribution in [0.25, 0.3) is 0 Å². The molecule has 0 spiro atoms. The van der Waals surface area contributed by atoms with Crippen molar-refractivity contribution in [3.8, 4) is 5.75 Å². The van der Waals surface area contributed by atoms with Crippen LogP contribution in [-0.4, -0.2) is 34.2 Å². The number of hydrogen-bond acceptors (Lipinski definition) is 4. The number of rotatable bonds is 7. The smallest absolute Gasteiger partial charge is 0.251 e. The Balaban J connectivity index is 1.90. The zero-order valence-corrected chi connectivity index (χ0v) is 14.4. The third-order valence-corrected chi connectivity index (χ3v) is 3.93. The fraction of sp³-hybridized carbons (Fsp3) is 0.235. The molecule has 0 radical (unpaired) electrons. The minimum atomic E-state index is -3.32. The van der Waals surface area contributed by atoms with Crippen LogP contribution in [0, 0.1) is 0 Å². The number of carbonyl (C=O) groups is 1. The van der Waals surface area contributed by atoms with Gasteiger partial charge in [0.05, 0.1) is 13.4 Å². The number of nitrogens with one attached hydrogen (secondary N) is 2. The molecule has 128 valence electrons. The number of methoxy groups -OCH3 is 1. The fourth-order valence-electron chi connectivity index (χ4n) is 2.23. The lowest BCUT2D eigenvalue weighted by Gasteiger charge is -2.09. The maximum Gasteiger partial charge on any atom is 0.251 e. The number of para-hydroxylation sites is 1. The van der Waals surface area contributed by atoms with Gasteiger partial charge in [0.15, 0.2) is 0 Å². The maximum absolute atomic E-state index is 12.1. The molecule has 2 rings (SSSR count). The Labute approximate surface area is 141 Å². The molecule has 0 aliphatic heterocycles. The lowest BCUT2D eigenvalue weighted by atomic mass is 10.1. The Morgan fingerprint density at radius 2 is 1.75 bits per heavy atom. The van der Waals surface area contributed by atoms with Gasteiger partial charge >= 0.3 is 0 Å². The second-order valence-electron chi connectivity index (χ2n) is 5.27. The van der Waals surface area contributed by atoms with Crippen LogP contribution in [0.4, 0.5) is 5.69 Å². The van der Waals surface area contributed by atoms with Crippen molar-refractivity contribution in [3.05, 3.63) is 59.7 Å². The normalized spacial score (nSPS) is 10.9. The Morgan fingerprint density at radius 1 is 1.08 bits per heavy atom. The van der Waals surface area contributed by atoms with E-state index >= 15 is 0 Å². The molecule has 0 saturated heterocycles.